The normalized spacial score (nSPS) is 11.2. The molecule has 3 rings (SSSR count). The number of nitrogens with one attached hydrogen (secondary N) is 1. The molecule has 0 aliphatic rings. The minimum atomic E-state index is -0.555. The lowest BCUT2D eigenvalue weighted by Gasteiger charge is -2.11. The highest BCUT2D eigenvalue weighted by Gasteiger charge is 2.17. The van der Waals surface area contributed by atoms with Gasteiger partial charge in [0, 0.05) is 50.5 Å². The average molecular weight is 523 g/mol. The van der Waals surface area contributed by atoms with Gasteiger partial charge >= 0.3 is 0 Å². The molecule has 38 heavy (non-hydrogen) atoms. The number of carbonyl (C=O) groups is 4. The minimum absolute atomic E-state index is 0.00397. The van der Waals surface area contributed by atoms with E-state index in [4.69, 9.17) is 16.5 Å². The van der Waals surface area contributed by atoms with Gasteiger partial charge in [0.2, 0.25) is 11.8 Å². The third-order valence-corrected chi connectivity index (χ3v) is 6.54. The van der Waals surface area contributed by atoms with Crippen molar-refractivity contribution in [2.75, 3.05) is 12.3 Å². The maximum absolute atomic E-state index is 12.3. The standard InChI is InChI=1S/C28H38N6O4/c1-2-3-12-24-33-26-27(21-10-6-7-11-22(21)32-28(26)30)34(24)17-8-4-5-9-19(35)14-16-25(38)31-18-20(36)13-15-23(29)37/h6-7,10-11H,2-5,8-9,12-18H2,1H3,(H2,29,37)(H2,30,32)(H,31,38). The number of hydrogen-bond acceptors (Lipinski definition) is 7. The number of ketones is 2. The molecule has 10 heteroatoms. The number of amides is 2. The fourth-order valence-corrected chi connectivity index (χ4v) is 4.45. The van der Waals surface area contributed by atoms with E-state index in [0.29, 0.717) is 12.2 Å². The van der Waals surface area contributed by atoms with E-state index in [1.54, 1.807) is 0 Å². The zero-order valence-electron chi connectivity index (χ0n) is 22.1. The Kier molecular flexibility index (Phi) is 10.7. The SMILES string of the molecule is CCCCc1nc2c(N)nc3ccccc3c2n1CCCCCC(=O)CCC(=O)NCC(=O)CCC(N)=O. The molecule has 0 fully saturated rings. The van der Waals surface area contributed by atoms with Gasteiger partial charge in [0.25, 0.3) is 0 Å². The Labute approximate surface area is 222 Å². The molecule has 0 aliphatic heterocycles. The number of Topliss-reactive ketones (excluding diaryl/α,β-unsaturated/α-hetero) is 2. The lowest BCUT2D eigenvalue weighted by molar-refractivity contribution is -0.127. The first-order valence-electron chi connectivity index (χ1n) is 13.4. The third-order valence-electron chi connectivity index (χ3n) is 6.54. The Bertz CT molecular complexity index is 1300. The molecule has 0 aliphatic carbocycles. The summed E-state index contributed by atoms with van der Waals surface area (Å²) in [6.45, 7) is 2.79. The highest BCUT2D eigenvalue weighted by Crippen LogP contribution is 2.29. The molecule has 0 spiro atoms. The van der Waals surface area contributed by atoms with Crippen LogP contribution < -0.4 is 16.8 Å². The molecular weight excluding hydrogens is 484 g/mol. The van der Waals surface area contributed by atoms with Crippen LogP contribution in [0.15, 0.2) is 24.3 Å². The second kappa shape index (κ2) is 14.2. The van der Waals surface area contributed by atoms with Crippen molar-refractivity contribution >= 4 is 51.1 Å². The number of nitrogens with zero attached hydrogens (tertiary/aromatic N) is 3. The molecule has 0 saturated heterocycles. The van der Waals surface area contributed by atoms with Crippen LogP contribution in [0.5, 0.6) is 0 Å². The second-order valence-corrected chi connectivity index (χ2v) is 9.63. The number of nitrogen functional groups attached to an aromatic ring is 1. The van der Waals surface area contributed by atoms with E-state index >= 15 is 0 Å². The maximum Gasteiger partial charge on any atom is 0.220 e. The number of pyridine rings is 1. The number of carbonyl (C=O) groups excluding carboxylic acids is 4. The summed E-state index contributed by atoms with van der Waals surface area (Å²) in [5.41, 5.74) is 13.9. The fraction of sp³-hybridized carbons (Fsp3) is 0.500. The Morgan fingerprint density at radius 2 is 1.66 bits per heavy atom. The Morgan fingerprint density at radius 1 is 0.895 bits per heavy atom. The number of aromatic nitrogens is 3. The molecule has 5 N–H and O–H groups in total. The van der Waals surface area contributed by atoms with Gasteiger partial charge in [0.05, 0.1) is 17.6 Å². The Balaban J connectivity index is 1.48. The molecule has 0 bridgehead atoms. The summed E-state index contributed by atoms with van der Waals surface area (Å²) in [7, 11) is 0. The van der Waals surface area contributed by atoms with Gasteiger partial charge in [-0.2, -0.15) is 0 Å². The number of rotatable bonds is 17. The van der Waals surface area contributed by atoms with Crippen molar-refractivity contribution in [1.29, 1.82) is 0 Å². The highest BCUT2D eigenvalue weighted by atomic mass is 16.2. The lowest BCUT2D eigenvalue weighted by Crippen LogP contribution is -2.30. The quantitative estimate of drug-likeness (QED) is 0.229. The zero-order valence-corrected chi connectivity index (χ0v) is 22.1. The monoisotopic (exact) mass is 522 g/mol. The molecule has 0 radical (unpaired) electrons. The van der Waals surface area contributed by atoms with Gasteiger partial charge in [-0.15, -0.1) is 0 Å². The van der Waals surface area contributed by atoms with E-state index in [1.807, 2.05) is 18.2 Å². The van der Waals surface area contributed by atoms with Gasteiger partial charge in [-0.05, 0) is 25.3 Å². The predicted octanol–water partition coefficient (Wildman–Crippen LogP) is 3.37. The van der Waals surface area contributed by atoms with E-state index in [0.717, 1.165) is 72.8 Å². The maximum atomic E-state index is 12.3. The Hall–Kier alpha value is -3.82. The third kappa shape index (κ3) is 8.09. The first-order chi connectivity index (χ1) is 18.3. The molecule has 0 saturated carbocycles. The van der Waals surface area contributed by atoms with Crippen LogP contribution in [0.25, 0.3) is 21.9 Å². The molecule has 0 atom stereocenters. The fourth-order valence-electron chi connectivity index (χ4n) is 4.45. The molecule has 2 amide bonds. The number of hydrogen-bond donors (Lipinski definition) is 3. The van der Waals surface area contributed by atoms with Crippen LogP contribution in [0.3, 0.4) is 0 Å². The predicted molar refractivity (Wildman–Crippen MR) is 147 cm³/mol. The molecule has 0 unspecified atom stereocenters. The van der Waals surface area contributed by atoms with Crippen LogP contribution in [0.2, 0.25) is 0 Å². The summed E-state index contributed by atoms with van der Waals surface area (Å²) in [5, 5.41) is 3.53. The number of fused-ring (bicyclic) bond motifs is 3. The van der Waals surface area contributed by atoms with Crippen molar-refractivity contribution in [3.8, 4) is 0 Å². The Morgan fingerprint density at radius 3 is 2.42 bits per heavy atom. The summed E-state index contributed by atoms with van der Waals surface area (Å²) < 4.78 is 2.27. The second-order valence-electron chi connectivity index (χ2n) is 9.63. The smallest absolute Gasteiger partial charge is 0.220 e. The number of benzene rings is 1. The van der Waals surface area contributed by atoms with Gasteiger partial charge in [-0.25, -0.2) is 9.97 Å². The van der Waals surface area contributed by atoms with Crippen molar-refractivity contribution in [3.05, 3.63) is 30.1 Å². The largest absolute Gasteiger partial charge is 0.382 e. The summed E-state index contributed by atoms with van der Waals surface area (Å²) in [6.07, 6.45) is 6.07. The van der Waals surface area contributed by atoms with Gasteiger partial charge in [-0.3, -0.25) is 19.2 Å². The van der Waals surface area contributed by atoms with Gasteiger partial charge < -0.3 is 21.4 Å². The lowest BCUT2D eigenvalue weighted by atomic mass is 10.1. The first kappa shape index (κ1) is 28.7. The number of nitrogens with two attached hydrogens (primary N) is 2. The van der Waals surface area contributed by atoms with Gasteiger partial charge in [0.15, 0.2) is 11.6 Å². The van der Waals surface area contributed by atoms with Crippen LogP contribution in [0.1, 0.15) is 77.0 Å². The van der Waals surface area contributed by atoms with Crippen LogP contribution >= 0.6 is 0 Å². The van der Waals surface area contributed by atoms with Crippen LogP contribution in [0.4, 0.5) is 5.82 Å². The van der Waals surface area contributed by atoms with Crippen molar-refractivity contribution in [2.45, 2.75) is 84.1 Å². The summed E-state index contributed by atoms with van der Waals surface area (Å²) in [5.74, 6) is 0.321. The number of imidazole rings is 1. The molecule has 204 valence electrons. The van der Waals surface area contributed by atoms with Gasteiger partial charge in [-0.1, -0.05) is 38.0 Å². The number of anilines is 1. The van der Waals surface area contributed by atoms with Gasteiger partial charge in [0.1, 0.15) is 17.1 Å². The molecule has 1 aromatic carbocycles. The van der Waals surface area contributed by atoms with Crippen LogP contribution in [-0.4, -0.2) is 44.5 Å². The first-order valence-corrected chi connectivity index (χ1v) is 13.4. The van der Waals surface area contributed by atoms with Crippen molar-refractivity contribution in [3.63, 3.8) is 0 Å². The van der Waals surface area contributed by atoms with E-state index < -0.39 is 5.91 Å². The van der Waals surface area contributed by atoms with Crippen LogP contribution in [0, 0.1) is 0 Å². The van der Waals surface area contributed by atoms with E-state index in [-0.39, 0.29) is 49.7 Å². The number of primary amides is 1. The van der Waals surface area contributed by atoms with E-state index in [1.165, 1.54) is 0 Å². The summed E-state index contributed by atoms with van der Waals surface area (Å²) in [4.78, 5) is 55.8. The molecule has 3 aromatic rings. The van der Waals surface area contributed by atoms with E-state index in [2.05, 4.69) is 27.9 Å². The topological polar surface area (TPSA) is 163 Å². The molecular formula is C28H38N6O4. The zero-order chi connectivity index (χ0) is 27.5. The number of para-hydroxylation sites is 1. The minimum Gasteiger partial charge on any atom is -0.382 e. The average Bonchev–Trinajstić information content (AvgIpc) is 3.27. The van der Waals surface area contributed by atoms with Crippen molar-refractivity contribution in [2.24, 2.45) is 5.73 Å². The molecule has 2 heterocycles. The van der Waals surface area contributed by atoms with Crippen LogP contribution in [-0.2, 0) is 32.1 Å². The summed E-state index contributed by atoms with van der Waals surface area (Å²) in [6, 6.07) is 7.96. The van der Waals surface area contributed by atoms with Crippen molar-refractivity contribution in [1.82, 2.24) is 19.9 Å². The number of aryl methyl sites for hydroxylation is 2. The number of unbranched alkanes of at least 4 members (excludes halogenated alkanes) is 3. The summed E-state index contributed by atoms with van der Waals surface area (Å²) >= 11 is 0. The molecule has 10 nitrogen and oxygen atoms in total. The van der Waals surface area contributed by atoms with Crippen molar-refractivity contribution < 1.29 is 19.2 Å². The highest BCUT2D eigenvalue weighted by molar-refractivity contribution is 6.06. The van der Waals surface area contributed by atoms with E-state index in [9.17, 15) is 19.2 Å². The molecule has 2 aromatic heterocycles.